The maximum Gasteiger partial charge on any atom is 0.118 e. The first-order chi connectivity index (χ1) is 4.35. The van der Waals surface area contributed by atoms with Gasteiger partial charge >= 0.3 is 0 Å². The smallest absolute Gasteiger partial charge is 0.118 e. The summed E-state index contributed by atoms with van der Waals surface area (Å²) in [6, 6.07) is 0. The lowest BCUT2D eigenvalue weighted by Crippen LogP contribution is -1.85. The van der Waals surface area contributed by atoms with Gasteiger partial charge in [-0.1, -0.05) is 19.2 Å². The van der Waals surface area contributed by atoms with Gasteiger partial charge < -0.3 is 4.74 Å². The third kappa shape index (κ3) is 3.59. The minimum atomic E-state index is 0.672. The fourth-order valence-corrected chi connectivity index (χ4v) is 0.458. The van der Waals surface area contributed by atoms with Gasteiger partial charge in [-0.15, -0.1) is 0 Å². The van der Waals surface area contributed by atoms with Crippen LogP contribution in [0.1, 0.15) is 6.92 Å². The van der Waals surface area contributed by atoms with E-state index in [1.807, 2.05) is 6.92 Å². The number of rotatable bonds is 4. The molecule has 0 radical (unpaired) electrons. The van der Waals surface area contributed by atoms with Crippen molar-refractivity contribution in [1.29, 1.82) is 0 Å². The molecule has 1 heteroatoms. The molecule has 0 amide bonds. The van der Waals surface area contributed by atoms with Crippen LogP contribution in [0.2, 0.25) is 0 Å². The van der Waals surface area contributed by atoms with Gasteiger partial charge in [0.1, 0.15) is 5.76 Å². The Morgan fingerprint density at radius 3 is 2.56 bits per heavy atom. The summed E-state index contributed by atoms with van der Waals surface area (Å²) in [7, 11) is 0. The highest BCUT2D eigenvalue weighted by Gasteiger charge is 1.83. The molecule has 0 atom stereocenters. The van der Waals surface area contributed by atoms with Crippen LogP contribution in [0.15, 0.2) is 37.1 Å². The van der Waals surface area contributed by atoms with Gasteiger partial charge in [0.2, 0.25) is 0 Å². The van der Waals surface area contributed by atoms with Crippen LogP contribution < -0.4 is 0 Å². The quantitative estimate of drug-likeness (QED) is 0.412. The van der Waals surface area contributed by atoms with Crippen molar-refractivity contribution in [2.45, 2.75) is 6.92 Å². The van der Waals surface area contributed by atoms with E-state index in [2.05, 4.69) is 13.2 Å². The molecule has 1 nitrogen and oxygen atoms in total. The Hall–Kier alpha value is -0.980. The molecule has 0 aliphatic carbocycles. The first-order valence-electron chi connectivity index (χ1n) is 2.93. The molecule has 0 aromatic carbocycles. The summed E-state index contributed by atoms with van der Waals surface area (Å²) in [5, 5.41) is 0. The zero-order chi connectivity index (χ0) is 7.11. The Bertz CT molecular complexity index is 123. The van der Waals surface area contributed by atoms with Crippen molar-refractivity contribution < 1.29 is 4.74 Å². The molecule has 0 aromatic heterocycles. The third-order valence-electron chi connectivity index (χ3n) is 0.794. The largest absolute Gasteiger partial charge is 0.494 e. The van der Waals surface area contributed by atoms with E-state index < -0.39 is 0 Å². The highest BCUT2D eigenvalue weighted by molar-refractivity contribution is 5.14. The average molecular weight is 124 g/mol. The molecule has 0 aliphatic heterocycles. The van der Waals surface area contributed by atoms with Crippen LogP contribution in [-0.2, 0) is 4.74 Å². The Morgan fingerprint density at radius 2 is 2.22 bits per heavy atom. The van der Waals surface area contributed by atoms with Crippen LogP contribution in [0.25, 0.3) is 0 Å². The molecule has 0 rings (SSSR count). The maximum atomic E-state index is 5.10. The van der Waals surface area contributed by atoms with E-state index in [-0.39, 0.29) is 0 Å². The summed E-state index contributed by atoms with van der Waals surface area (Å²) in [5.74, 6) is 0.771. The van der Waals surface area contributed by atoms with E-state index >= 15 is 0 Å². The summed E-state index contributed by atoms with van der Waals surface area (Å²) in [6.07, 6.45) is 5.11. The summed E-state index contributed by atoms with van der Waals surface area (Å²) < 4.78 is 5.10. The highest BCUT2D eigenvalue weighted by Crippen LogP contribution is 1.96. The SMILES string of the molecule is C=C/C=C(\C=C)OCC. The van der Waals surface area contributed by atoms with E-state index in [9.17, 15) is 0 Å². The second-order valence-electron chi connectivity index (χ2n) is 1.44. The van der Waals surface area contributed by atoms with Crippen molar-refractivity contribution in [3.63, 3.8) is 0 Å². The molecular weight excluding hydrogens is 112 g/mol. The van der Waals surface area contributed by atoms with Crippen molar-refractivity contribution in [1.82, 2.24) is 0 Å². The molecule has 0 spiro atoms. The predicted octanol–water partition coefficient (Wildman–Crippen LogP) is 2.28. The van der Waals surface area contributed by atoms with Gasteiger partial charge in [0, 0.05) is 0 Å². The molecular formula is C8H12O. The van der Waals surface area contributed by atoms with Gasteiger partial charge in [0.15, 0.2) is 0 Å². The van der Waals surface area contributed by atoms with E-state index in [0.717, 1.165) is 5.76 Å². The van der Waals surface area contributed by atoms with Crippen molar-refractivity contribution >= 4 is 0 Å². The van der Waals surface area contributed by atoms with E-state index in [4.69, 9.17) is 4.74 Å². The van der Waals surface area contributed by atoms with Crippen molar-refractivity contribution in [3.8, 4) is 0 Å². The van der Waals surface area contributed by atoms with Crippen LogP contribution >= 0.6 is 0 Å². The van der Waals surface area contributed by atoms with E-state index in [1.54, 1.807) is 18.2 Å². The number of allylic oxidation sites excluding steroid dienone is 3. The third-order valence-corrected chi connectivity index (χ3v) is 0.794. The Balaban J connectivity index is 3.80. The summed E-state index contributed by atoms with van der Waals surface area (Å²) >= 11 is 0. The normalized spacial score (nSPS) is 10.6. The van der Waals surface area contributed by atoms with Crippen LogP contribution in [0.3, 0.4) is 0 Å². The summed E-state index contributed by atoms with van der Waals surface area (Å²) in [5.41, 5.74) is 0. The van der Waals surface area contributed by atoms with Crippen molar-refractivity contribution in [2.75, 3.05) is 6.61 Å². The second kappa shape index (κ2) is 5.16. The number of hydrogen-bond acceptors (Lipinski definition) is 1. The maximum absolute atomic E-state index is 5.10. The second-order valence-corrected chi connectivity index (χ2v) is 1.44. The molecule has 0 saturated carbocycles. The van der Waals surface area contributed by atoms with Gasteiger partial charge in [-0.3, -0.25) is 0 Å². The molecule has 0 N–H and O–H groups in total. The minimum absolute atomic E-state index is 0.672. The first-order valence-corrected chi connectivity index (χ1v) is 2.93. The first kappa shape index (κ1) is 8.02. The van der Waals surface area contributed by atoms with Crippen molar-refractivity contribution in [3.05, 3.63) is 37.1 Å². The van der Waals surface area contributed by atoms with Crippen LogP contribution in [-0.4, -0.2) is 6.61 Å². The molecule has 0 unspecified atom stereocenters. The zero-order valence-electron chi connectivity index (χ0n) is 5.76. The monoisotopic (exact) mass is 124 g/mol. The standard InChI is InChI=1S/C8H12O/c1-4-7-8(5-2)9-6-3/h4-5,7H,1-2,6H2,3H3/b8-7+. The molecule has 0 aromatic rings. The summed E-state index contributed by atoms with van der Waals surface area (Å²) in [6.45, 7) is 9.69. The molecule has 9 heavy (non-hydrogen) atoms. The minimum Gasteiger partial charge on any atom is -0.494 e. The molecule has 0 aliphatic rings. The Labute approximate surface area is 56.3 Å². The fraction of sp³-hybridized carbons (Fsp3) is 0.250. The predicted molar refractivity (Wildman–Crippen MR) is 40.1 cm³/mol. The number of hydrogen-bond donors (Lipinski definition) is 0. The van der Waals surface area contributed by atoms with Gasteiger partial charge in [0.25, 0.3) is 0 Å². The molecule has 0 heterocycles. The van der Waals surface area contributed by atoms with Gasteiger partial charge in [-0.2, -0.15) is 0 Å². The van der Waals surface area contributed by atoms with Crippen LogP contribution in [0.5, 0.6) is 0 Å². The Kier molecular flexibility index (Phi) is 4.60. The van der Waals surface area contributed by atoms with Gasteiger partial charge in [-0.05, 0) is 19.1 Å². The lowest BCUT2D eigenvalue weighted by Gasteiger charge is -1.99. The fourth-order valence-electron chi connectivity index (χ4n) is 0.458. The topological polar surface area (TPSA) is 9.23 Å². The summed E-state index contributed by atoms with van der Waals surface area (Å²) in [4.78, 5) is 0. The van der Waals surface area contributed by atoms with Gasteiger partial charge in [0.05, 0.1) is 6.61 Å². The lowest BCUT2D eigenvalue weighted by atomic mass is 10.4. The van der Waals surface area contributed by atoms with Crippen molar-refractivity contribution in [2.24, 2.45) is 0 Å². The number of ether oxygens (including phenoxy) is 1. The molecule has 0 bridgehead atoms. The molecule has 0 saturated heterocycles. The highest BCUT2D eigenvalue weighted by atomic mass is 16.5. The molecule has 50 valence electrons. The van der Waals surface area contributed by atoms with E-state index in [1.165, 1.54) is 0 Å². The lowest BCUT2D eigenvalue weighted by molar-refractivity contribution is 0.243. The van der Waals surface area contributed by atoms with E-state index in [0.29, 0.717) is 6.61 Å². The average Bonchev–Trinajstić information content (AvgIpc) is 1.88. The van der Waals surface area contributed by atoms with Gasteiger partial charge in [-0.25, -0.2) is 0 Å². The Morgan fingerprint density at radius 1 is 1.56 bits per heavy atom. The van der Waals surface area contributed by atoms with Crippen LogP contribution in [0.4, 0.5) is 0 Å². The zero-order valence-corrected chi connectivity index (χ0v) is 5.76. The molecule has 0 fully saturated rings. The van der Waals surface area contributed by atoms with Crippen LogP contribution in [0, 0.1) is 0 Å².